The number of aromatic nitrogens is 2. The van der Waals surface area contributed by atoms with Crippen molar-refractivity contribution in [2.75, 3.05) is 38.3 Å². The summed E-state index contributed by atoms with van der Waals surface area (Å²) in [5.74, 6) is -0.352. The van der Waals surface area contributed by atoms with Crippen LogP contribution in [0.25, 0.3) is 5.57 Å². The average Bonchev–Trinajstić information content (AvgIpc) is 3.29. The molecule has 3 aliphatic rings. The predicted octanol–water partition coefficient (Wildman–Crippen LogP) is 3.47. The number of fused-ring (bicyclic) bond motifs is 2. The molecule has 0 aliphatic carbocycles. The number of hydrogen-bond acceptors (Lipinski definition) is 6. The number of benzene rings is 1. The predicted molar refractivity (Wildman–Crippen MR) is 135 cm³/mol. The number of alkyl halides is 2. The zero-order valence-electron chi connectivity index (χ0n) is 20.5. The van der Waals surface area contributed by atoms with Crippen molar-refractivity contribution in [2.45, 2.75) is 51.1 Å². The van der Waals surface area contributed by atoms with Crippen molar-refractivity contribution in [3.8, 4) is 0 Å². The van der Waals surface area contributed by atoms with Crippen LogP contribution >= 0.6 is 0 Å². The summed E-state index contributed by atoms with van der Waals surface area (Å²) < 4.78 is 34.2. The van der Waals surface area contributed by atoms with Crippen LogP contribution in [0.15, 0.2) is 29.4 Å². The first-order valence-corrected chi connectivity index (χ1v) is 12.5. The molecule has 192 valence electrons. The molecule has 1 aromatic carbocycles. The number of nitrogens with two attached hydrogens (primary N) is 1. The van der Waals surface area contributed by atoms with Crippen LogP contribution in [0.2, 0.25) is 0 Å². The normalized spacial score (nSPS) is 19.2. The van der Waals surface area contributed by atoms with E-state index in [-0.39, 0.29) is 19.1 Å². The van der Waals surface area contributed by atoms with E-state index in [1.807, 2.05) is 6.07 Å². The lowest BCUT2D eigenvalue weighted by molar-refractivity contribution is -0.143. The van der Waals surface area contributed by atoms with Crippen molar-refractivity contribution >= 4 is 29.2 Å². The second-order valence-corrected chi connectivity index (χ2v) is 9.46. The van der Waals surface area contributed by atoms with E-state index in [9.17, 15) is 13.6 Å². The van der Waals surface area contributed by atoms with Crippen LogP contribution in [0.1, 0.15) is 47.7 Å². The molecule has 5 rings (SSSR count). The van der Waals surface area contributed by atoms with Gasteiger partial charge in [-0.1, -0.05) is 6.07 Å². The van der Waals surface area contributed by atoms with E-state index < -0.39 is 12.3 Å². The molecule has 0 spiro atoms. The number of ether oxygens (including phenoxy) is 1. The molecule has 10 heteroatoms. The molecule has 1 aromatic heterocycles. The van der Waals surface area contributed by atoms with E-state index in [0.717, 1.165) is 66.1 Å². The van der Waals surface area contributed by atoms with Gasteiger partial charge < -0.3 is 20.3 Å². The molecule has 3 aliphatic heterocycles. The highest BCUT2D eigenvalue weighted by Crippen LogP contribution is 2.40. The molecule has 2 N–H and O–H groups in total. The molecule has 8 nitrogen and oxygen atoms in total. The van der Waals surface area contributed by atoms with Crippen molar-refractivity contribution in [3.05, 3.63) is 46.8 Å². The van der Waals surface area contributed by atoms with Crippen LogP contribution in [-0.2, 0) is 28.9 Å². The van der Waals surface area contributed by atoms with Gasteiger partial charge in [0.05, 0.1) is 12.6 Å². The molecule has 36 heavy (non-hydrogen) atoms. The lowest BCUT2D eigenvalue weighted by Gasteiger charge is -2.33. The van der Waals surface area contributed by atoms with E-state index in [1.54, 1.807) is 19.5 Å². The molecular weight excluding hydrogens is 466 g/mol. The first-order chi connectivity index (χ1) is 17.5. The summed E-state index contributed by atoms with van der Waals surface area (Å²) in [4.78, 5) is 19.7. The lowest BCUT2D eigenvalue weighted by Crippen LogP contribution is -2.40. The van der Waals surface area contributed by atoms with Gasteiger partial charge in [-0.2, -0.15) is 13.9 Å². The third-order valence-corrected chi connectivity index (χ3v) is 7.33. The fourth-order valence-corrected chi connectivity index (χ4v) is 5.55. The number of nitrogens with zero attached hydrogens (tertiary/aromatic N) is 5. The van der Waals surface area contributed by atoms with Crippen molar-refractivity contribution in [1.29, 1.82) is 0 Å². The number of carbonyl (C=O) groups excluding carboxylic acids is 1. The van der Waals surface area contributed by atoms with Gasteiger partial charge in [-0.05, 0) is 48.9 Å². The van der Waals surface area contributed by atoms with Gasteiger partial charge in [-0.15, -0.1) is 0 Å². The molecule has 0 saturated carbocycles. The van der Waals surface area contributed by atoms with E-state index in [1.165, 1.54) is 10.5 Å². The Kier molecular flexibility index (Phi) is 7.04. The Balaban J connectivity index is 1.56. The highest BCUT2D eigenvalue weighted by Gasteiger charge is 2.35. The van der Waals surface area contributed by atoms with Gasteiger partial charge in [0.25, 0.3) is 5.91 Å². The number of carbonyl (C=O) groups is 1. The Morgan fingerprint density at radius 1 is 1.25 bits per heavy atom. The maximum Gasteiger partial charge on any atom is 0.315 e. The summed E-state index contributed by atoms with van der Waals surface area (Å²) in [6, 6.07) is 6.43. The Labute approximate surface area is 209 Å². The topological polar surface area (TPSA) is 89.0 Å². The van der Waals surface area contributed by atoms with Crippen LogP contribution in [0, 0.1) is 0 Å². The number of rotatable bonds is 5. The molecule has 1 fully saturated rings. The lowest BCUT2D eigenvalue weighted by atomic mass is 9.96. The minimum absolute atomic E-state index is 0.147. The van der Waals surface area contributed by atoms with E-state index >= 15 is 0 Å². The molecule has 0 unspecified atom stereocenters. The number of aliphatic imine (C=N–C) groups is 1. The number of halogens is 2. The molecule has 1 amide bonds. The van der Waals surface area contributed by atoms with Crippen molar-refractivity contribution < 1.29 is 18.3 Å². The van der Waals surface area contributed by atoms with Gasteiger partial charge in [-0.25, -0.2) is 0 Å². The third-order valence-electron chi connectivity index (χ3n) is 7.33. The smallest absolute Gasteiger partial charge is 0.315 e. The maximum absolute atomic E-state index is 13.3. The van der Waals surface area contributed by atoms with E-state index in [2.05, 4.69) is 26.7 Å². The maximum atomic E-state index is 13.3. The van der Waals surface area contributed by atoms with Crippen LogP contribution < -0.4 is 10.6 Å². The SMILES string of the molecule is CN=CC(=CN)c1ccc2c(c1)CCCN2c1nn(C2CCOCC2)c2c1CN(C(=O)C(F)F)CC2. The highest BCUT2D eigenvalue weighted by molar-refractivity contribution is 6.09. The molecule has 0 atom stereocenters. The molecule has 1 saturated heterocycles. The van der Waals surface area contributed by atoms with Crippen LogP contribution in [0.4, 0.5) is 20.3 Å². The largest absolute Gasteiger partial charge is 0.404 e. The fourth-order valence-electron chi connectivity index (χ4n) is 5.55. The summed E-state index contributed by atoms with van der Waals surface area (Å²) >= 11 is 0. The minimum Gasteiger partial charge on any atom is -0.404 e. The van der Waals surface area contributed by atoms with Crippen molar-refractivity contribution in [1.82, 2.24) is 14.7 Å². The quantitative estimate of drug-likeness (QED) is 0.638. The first kappa shape index (κ1) is 24.4. The Hall–Kier alpha value is -3.27. The summed E-state index contributed by atoms with van der Waals surface area (Å²) in [6.07, 6.45) is 4.36. The summed E-state index contributed by atoms with van der Waals surface area (Å²) in [5.41, 5.74) is 11.8. The molecule has 0 bridgehead atoms. The van der Waals surface area contributed by atoms with Gasteiger partial charge >= 0.3 is 6.43 Å². The van der Waals surface area contributed by atoms with Crippen LogP contribution in [0.5, 0.6) is 0 Å². The molecule has 4 heterocycles. The van der Waals surface area contributed by atoms with E-state index in [4.69, 9.17) is 15.6 Å². The number of aryl methyl sites for hydroxylation is 1. The molecule has 2 aromatic rings. The second-order valence-electron chi connectivity index (χ2n) is 9.46. The monoisotopic (exact) mass is 498 g/mol. The van der Waals surface area contributed by atoms with Crippen LogP contribution in [-0.4, -0.2) is 66.6 Å². The minimum atomic E-state index is -3.01. The van der Waals surface area contributed by atoms with Crippen molar-refractivity contribution in [3.63, 3.8) is 0 Å². The molecular formula is C26H32F2N6O2. The van der Waals surface area contributed by atoms with Crippen molar-refractivity contribution in [2.24, 2.45) is 10.7 Å². The highest BCUT2D eigenvalue weighted by atomic mass is 19.3. The van der Waals surface area contributed by atoms with Gasteiger partial charge in [0.15, 0.2) is 5.82 Å². The zero-order chi connectivity index (χ0) is 25.2. The zero-order valence-corrected chi connectivity index (χ0v) is 20.5. The third kappa shape index (κ3) is 4.50. The van der Waals surface area contributed by atoms with Gasteiger partial charge in [0.2, 0.25) is 0 Å². The van der Waals surface area contributed by atoms with Crippen LogP contribution in [0.3, 0.4) is 0 Å². The Morgan fingerprint density at radius 3 is 2.78 bits per heavy atom. The Morgan fingerprint density at radius 2 is 2.06 bits per heavy atom. The summed E-state index contributed by atoms with van der Waals surface area (Å²) in [7, 11) is 1.71. The Bertz CT molecular complexity index is 1190. The fraction of sp³-hybridized carbons (Fsp3) is 0.500. The van der Waals surface area contributed by atoms with Gasteiger partial charge in [-0.3, -0.25) is 14.5 Å². The number of hydrogen-bond donors (Lipinski definition) is 1. The molecule has 0 radical (unpaired) electrons. The number of amides is 1. The number of allylic oxidation sites excluding steroid dienone is 1. The van der Waals surface area contributed by atoms with Gasteiger partial charge in [0.1, 0.15) is 0 Å². The average molecular weight is 499 g/mol. The van der Waals surface area contributed by atoms with Gasteiger partial charge in [0, 0.05) is 74.7 Å². The number of anilines is 2. The second kappa shape index (κ2) is 10.4. The van der Waals surface area contributed by atoms with E-state index in [0.29, 0.717) is 19.6 Å². The standard InChI is InChI=1S/C26H32F2N6O2/c1-30-15-19(14-29)17-4-5-22-18(13-17)3-2-9-33(22)25-21-16-32(26(35)24(27)28)10-6-23(21)34(31-25)20-7-11-36-12-8-20/h4-5,13-15,20,24H,2-3,6-12,16,29H2,1H3. The summed E-state index contributed by atoms with van der Waals surface area (Å²) in [6.45, 7) is 2.55. The first-order valence-electron chi connectivity index (χ1n) is 12.5. The summed E-state index contributed by atoms with van der Waals surface area (Å²) in [5, 5.41) is 5.09.